The topological polar surface area (TPSA) is 115 Å². The van der Waals surface area contributed by atoms with E-state index in [9.17, 15) is 20.1 Å². The third kappa shape index (κ3) is 2.65. The normalized spacial score (nSPS) is 25.4. The van der Waals surface area contributed by atoms with E-state index in [0.29, 0.717) is 28.4 Å². The van der Waals surface area contributed by atoms with E-state index < -0.39 is 30.2 Å². The molecule has 0 saturated heterocycles. The van der Waals surface area contributed by atoms with Crippen LogP contribution in [0.4, 0.5) is 0 Å². The Labute approximate surface area is 154 Å². The summed E-state index contributed by atoms with van der Waals surface area (Å²) in [5.41, 5.74) is 1.04. The Kier molecular flexibility index (Phi) is 4.09. The fourth-order valence-corrected chi connectivity index (χ4v) is 3.70. The van der Waals surface area contributed by atoms with Crippen molar-refractivity contribution in [2.45, 2.75) is 11.7 Å². The molecule has 2 heterocycles. The molecule has 0 aromatic heterocycles. The highest BCUT2D eigenvalue weighted by molar-refractivity contribution is 5.76. The number of benzene rings is 2. The summed E-state index contributed by atoms with van der Waals surface area (Å²) < 4.78 is 21.7. The van der Waals surface area contributed by atoms with Gasteiger partial charge in [0.05, 0.1) is 7.11 Å². The van der Waals surface area contributed by atoms with Gasteiger partial charge in [-0.3, -0.25) is 4.79 Å². The average Bonchev–Trinajstić information content (AvgIpc) is 3.12. The van der Waals surface area contributed by atoms with Crippen molar-refractivity contribution in [1.82, 2.24) is 0 Å². The molecule has 2 aromatic rings. The third-order valence-corrected chi connectivity index (χ3v) is 4.91. The Hall–Kier alpha value is -2.97. The Balaban J connectivity index is 1.99. The summed E-state index contributed by atoms with van der Waals surface area (Å²) in [7, 11) is 1.48. The van der Waals surface area contributed by atoms with E-state index in [-0.39, 0.29) is 12.5 Å². The minimum atomic E-state index is -2.32. The molecule has 0 amide bonds. The van der Waals surface area contributed by atoms with Crippen LogP contribution in [0, 0.1) is 5.92 Å². The van der Waals surface area contributed by atoms with Gasteiger partial charge in [-0.2, -0.15) is 0 Å². The van der Waals surface area contributed by atoms with Crippen LogP contribution < -0.4 is 18.9 Å². The number of hydrogen-bond donors (Lipinski definition) is 3. The van der Waals surface area contributed by atoms with Crippen molar-refractivity contribution in [3.05, 3.63) is 47.5 Å². The number of fused-ring (bicyclic) bond motifs is 2. The molecule has 0 saturated carbocycles. The Morgan fingerprint density at radius 1 is 1.19 bits per heavy atom. The number of methoxy groups -OCH3 is 1. The standard InChI is InChI=1S/C19H18O8/c1-24-12-5-3-2-4-10(12)16-11-6-14-15(26-9-25-14)7-13(11)27-19(23,8-20)17(16)18(21)22/h2-7,16-17,20,23H,8-9H2,1H3,(H,21,22)/t16-,17-,19-/m0/s1. The van der Waals surface area contributed by atoms with Gasteiger partial charge in [0.15, 0.2) is 11.5 Å². The molecule has 0 bridgehead atoms. The first-order valence-electron chi connectivity index (χ1n) is 8.30. The first-order valence-corrected chi connectivity index (χ1v) is 8.30. The fourth-order valence-electron chi connectivity index (χ4n) is 3.70. The van der Waals surface area contributed by atoms with Crippen molar-refractivity contribution in [3.8, 4) is 23.0 Å². The Morgan fingerprint density at radius 3 is 2.56 bits per heavy atom. The maximum absolute atomic E-state index is 12.1. The number of ether oxygens (including phenoxy) is 4. The lowest BCUT2D eigenvalue weighted by molar-refractivity contribution is -0.220. The summed E-state index contributed by atoms with van der Waals surface area (Å²) in [6.45, 7) is -0.867. The molecule has 142 valence electrons. The van der Waals surface area contributed by atoms with Crippen molar-refractivity contribution in [2.24, 2.45) is 5.92 Å². The van der Waals surface area contributed by atoms with Crippen LogP contribution in [-0.4, -0.2) is 47.6 Å². The molecule has 4 rings (SSSR count). The molecule has 27 heavy (non-hydrogen) atoms. The molecule has 3 atom stereocenters. The molecule has 2 aliphatic rings. The van der Waals surface area contributed by atoms with Crippen molar-refractivity contribution in [3.63, 3.8) is 0 Å². The number of carbonyl (C=O) groups is 1. The lowest BCUT2D eigenvalue weighted by atomic mass is 9.74. The number of hydrogen-bond acceptors (Lipinski definition) is 7. The maximum atomic E-state index is 12.1. The van der Waals surface area contributed by atoms with Gasteiger partial charge < -0.3 is 34.3 Å². The predicted molar refractivity (Wildman–Crippen MR) is 91.2 cm³/mol. The monoisotopic (exact) mass is 374 g/mol. The predicted octanol–water partition coefficient (Wildman–Crippen LogP) is 1.33. The first-order chi connectivity index (χ1) is 13.0. The number of carboxylic acid groups (broad SMARTS) is 1. The summed E-state index contributed by atoms with van der Waals surface area (Å²) in [6.07, 6.45) is 0. The summed E-state index contributed by atoms with van der Waals surface area (Å²) in [4.78, 5) is 12.1. The highest BCUT2D eigenvalue weighted by atomic mass is 16.7. The van der Waals surface area contributed by atoms with E-state index in [1.807, 2.05) is 0 Å². The first kappa shape index (κ1) is 17.4. The quantitative estimate of drug-likeness (QED) is 0.734. The molecule has 0 spiro atoms. The van der Waals surface area contributed by atoms with Gasteiger partial charge in [-0.15, -0.1) is 0 Å². The number of carboxylic acids is 1. The van der Waals surface area contributed by atoms with E-state index in [1.165, 1.54) is 13.2 Å². The van der Waals surface area contributed by atoms with Gasteiger partial charge >= 0.3 is 5.97 Å². The number of rotatable bonds is 4. The van der Waals surface area contributed by atoms with Gasteiger partial charge in [0.1, 0.15) is 24.0 Å². The molecule has 2 aromatic carbocycles. The van der Waals surface area contributed by atoms with Gasteiger partial charge in [0.2, 0.25) is 12.6 Å². The number of aliphatic hydroxyl groups is 2. The minimum absolute atomic E-state index is 0.0319. The molecule has 0 aliphatic carbocycles. The number of para-hydroxylation sites is 1. The molecule has 8 nitrogen and oxygen atoms in total. The van der Waals surface area contributed by atoms with E-state index in [4.69, 9.17) is 18.9 Å². The largest absolute Gasteiger partial charge is 0.496 e. The number of aliphatic carboxylic acids is 1. The SMILES string of the molecule is COc1ccccc1[C@H]1c2cc3c(cc2O[C@@](O)(CO)[C@@H]1C(=O)O)OCO3. The molecular weight excluding hydrogens is 356 g/mol. The smallest absolute Gasteiger partial charge is 0.314 e. The lowest BCUT2D eigenvalue weighted by Gasteiger charge is -2.42. The van der Waals surface area contributed by atoms with Crippen LogP contribution in [-0.2, 0) is 4.79 Å². The number of aliphatic hydroxyl groups excluding tert-OH is 1. The molecule has 0 radical (unpaired) electrons. The molecule has 3 N–H and O–H groups in total. The zero-order chi connectivity index (χ0) is 19.2. The summed E-state index contributed by atoms with van der Waals surface area (Å²) in [5, 5.41) is 30.5. The summed E-state index contributed by atoms with van der Waals surface area (Å²) >= 11 is 0. The van der Waals surface area contributed by atoms with Crippen LogP contribution in [0.1, 0.15) is 17.0 Å². The van der Waals surface area contributed by atoms with Gasteiger partial charge in [-0.25, -0.2) is 0 Å². The summed E-state index contributed by atoms with van der Waals surface area (Å²) in [6, 6.07) is 10.1. The van der Waals surface area contributed by atoms with Crippen molar-refractivity contribution >= 4 is 5.97 Å². The molecular formula is C19H18O8. The second-order valence-corrected chi connectivity index (χ2v) is 6.38. The second-order valence-electron chi connectivity index (χ2n) is 6.38. The van der Waals surface area contributed by atoms with E-state index >= 15 is 0 Å². The average molecular weight is 374 g/mol. The van der Waals surface area contributed by atoms with Crippen molar-refractivity contribution < 1.29 is 39.1 Å². The van der Waals surface area contributed by atoms with Crippen LogP contribution in [0.25, 0.3) is 0 Å². The third-order valence-electron chi connectivity index (χ3n) is 4.91. The lowest BCUT2D eigenvalue weighted by Crippen LogP contribution is -2.55. The van der Waals surface area contributed by atoms with Crippen LogP contribution >= 0.6 is 0 Å². The van der Waals surface area contributed by atoms with Crippen molar-refractivity contribution in [2.75, 3.05) is 20.5 Å². The molecule has 8 heteroatoms. The van der Waals surface area contributed by atoms with Crippen LogP contribution in [0.15, 0.2) is 36.4 Å². The Morgan fingerprint density at radius 2 is 1.89 bits per heavy atom. The maximum Gasteiger partial charge on any atom is 0.314 e. The zero-order valence-electron chi connectivity index (χ0n) is 14.4. The van der Waals surface area contributed by atoms with Crippen molar-refractivity contribution in [1.29, 1.82) is 0 Å². The van der Waals surface area contributed by atoms with Gasteiger partial charge in [0.25, 0.3) is 0 Å². The minimum Gasteiger partial charge on any atom is -0.496 e. The summed E-state index contributed by atoms with van der Waals surface area (Å²) in [5.74, 6) is -4.43. The molecule has 2 aliphatic heterocycles. The van der Waals surface area contributed by atoms with Gasteiger partial charge in [0, 0.05) is 23.1 Å². The van der Waals surface area contributed by atoms with Gasteiger partial charge in [-0.05, 0) is 12.1 Å². The van der Waals surface area contributed by atoms with E-state index in [2.05, 4.69) is 0 Å². The van der Waals surface area contributed by atoms with E-state index in [1.54, 1.807) is 30.3 Å². The molecule has 0 fully saturated rings. The highest BCUT2D eigenvalue weighted by Gasteiger charge is 2.54. The second kappa shape index (κ2) is 6.33. The van der Waals surface area contributed by atoms with Gasteiger partial charge in [-0.1, -0.05) is 18.2 Å². The molecule has 0 unspecified atom stereocenters. The highest BCUT2D eigenvalue weighted by Crippen LogP contribution is 2.52. The Bertz CT molecular complexity index is 895. The van der Waals surface area contributed by atoms with Crippen LogP contribution in [0.5, 0.6) is 23.0 Å². The van der Waals surface area contributed by atoms with Crippen LogP contribution in [0.2, 0.25) is 0 Å². The fraction of sp³-hybridized carbons (Fsp3) is 0.316. The van der Waals surface area contributed by atoms with Crippen LogP contribution in [0.3, 0.4) is 0 Å². The zero-order valence-corrected chi connectivity index (χ0v) is 14.4. The van der Waals surface area contributed by atoms with E-state index in [0.717, 1.165) is 0 Å².